The normalized spacial score (nSPS) is 12.8. The lowest BCUT2D eigenvalue weighted by Gasteiger charge is -2.20. The molecule has 1 unspecified atom stereocenters. The third kappa shape index (κ3) is 7.19. The van der Waals surface area contributed by atoms with E-state index in [1.165, 1.54) is 0 Å². The van der Waals surface area contributed by atoms with Crippen LogP contribution in [0.4, 0.5) is 4.79 Å². The molecule has 15 heavy (non-hydrogen) atoms. The first kappa shape index (κ1) is 14.2. The fraction of sp³-hybridized carbons (Fsp3) is 0.909. The van der Waals surface area contributed by atoms with Gasteiger partial charge in [0.2, 0.25) is 0 Å². The van der Waals surface area contributed by atoms with E-state index in [1.807, 2.05) is 6.92 Å². The van der Waals surface area contributed by atoms with E-state index in [4.69, 9.17) is 5.11 Å². The SMILES string of the molecule is CCC(CCCN(CC)CC)NC(=O)O. The van der Waals surface area contributed by atoms with Gasteiger partial charge in [0.05, 0.1) is 0 Å². The number of rotatable bonds is 8. The summed E-state index contributed by atoms with van der Waals surface area (Å²) in [5, 5.41) is 11.1. The van der Waals surface area contributed by atoms with Gasteiger partial charge >= 0.3 is 6.09 Å². The Morgan fingerprint density at radius 2 is 1.93 bits per heavy atom. The summed E-state index contributed by atoms with van der Waals surface area (Å²) in [5.41, 5.74) is 0. The van der Waals surface area contributed by atoms with Crippen LogP contribution in [0.25, 0.3) is 0 Å². The molecule has 0 aromatic heterocycles. The van der Waals surface area contributed by atoms with Gasteiger partial charge in [-0.15, -0.1) is 0 Å². The first-order valence-corrected chi connectivity index (χ1v) is 5.85. The monoisotopic (exact) mass is 216 g/mol. The quantitative estimate of drug-likeness (QED) is 0.653. The number of nitrogens with one attached hydrogen (secondary N) is 1. The van der Waals surface area contributed by atoms with Crippen LogP contribution < -0.4 is 5.32 Å². The van der Waals surface area contributed by atoms with E-state index in [-0.39, 0.29) is 6.04 Å². The van der Waals surface area contributed by atoms with Crippen molar-refractivity contribution in [2.75, 3.05) is 19.6 Å². The average Bonchev–Trinajstić information content (AvgIpc) is 2.22. The minimum absolute atomic E-state index is 0.109. The molecule has 0 saturated heterocycles. The summed E-state index contributed by atoms with van der Waals surface area (Å²) in [5.74, 6) is 0. The molecule has 0 spiro atoms. The molecule has 0 bridgehead atoms. The van der Waals surface area contributed by atoms with E-state index < -0.39 is 6.09 Å². The first-order valence-electron chi connectivity index (χ1n) is 5.85. The van der Waals surface area contributed by atoms with Crippen LogP contribution in [-0.2, 0) is 0 Å². The van der Waals surface area contributed by atoms with Crippen LogP contribution in [0, 0.1) is 0 Å². The highest BCUT2D eigenvalue weighted by Gasteiger charge is 2.09. The largest absolute Gasteiger partial charge is 0.465 e. The molecular formula is C11H24N2O2. The van der Waals surface area contributed by atoms with Gasteiger partial charge in [-0.3, -0.25) is 0 Å². The van der Waals surface area contributed by atoms with Crippen molar-refractivity contribution in [2.24, 2.45) is 0 Å². The van der Waals surface area contributed by atoms with Gasteiger partial charge in [-0.1, -0.05) is 20.8 Å². The Kier molecular flexibility index (Phi) is 8.09. The molecule has 1 atom stereocenters. The van der Waals surface area contributed by atoms with Crippen LogP contribution in [0.1, 0.15) is 40.0 Å². The van der Waals surface area contributed by atoms with Gasteiger partial charge in [0.25, 0.3) is 0 Å². The van der Waals surface area contributed by atoms with Crippen molar-refractivity contribution in [1.82, 2.24) is 10.2 Å². The maximum absolute atomic E-state index is 10.5. The topological polar surface area (TPSA) is 52.6 Å². The Morgan fingerprint density at radius 1 is 1.33 bits per heavy atom. The molecule has 0 aromatic rings. The summed E-state index contributed by atoms with van der Waals surface area (Å²) in [7, 11) is 0. The zero-order chi connectivity index (χ0) is 11.7. The first-order chi connectivity index (χ1) is 7.13. The third-order valence-corrected chi connectivity index (χ3v) is 2.74. The predicted molar refractivity (Wildman–Crippen MR) is 62.3 cm³/mol. The van der Waals surface area contributed by atoms with E-state index in [0.29, 0.717) is 0 Å². The zero-order valence-corrected chi connectivity index (χ0v) is 10.1. The summed E-state index contributed by atoms with van der Waals surface area (Å²) >= 11 is 0. The van der Waals surface area contributed by atoms with Crippen molar-refractivity contribution < 1.29 is 9.90 Å². The molecule has 4 nitrogen and oxygen atoms in total. The molecule has 0 aliphatic heterocycles. The van der Waals surface area contributed by atoms with Crippen molar-refractivity contribution in [3.8, 4) is 0 Å². The molecule has 0 radical (unpaired) electrons. The summed E-state index contributed by atoms with van der Waals surface area (Å²) in [6.45, 7) is 9.51. The van der Waals surface area contributed by atoms with E-state index in [0.717, 1.165) is 38.9 Å². The summed E-state index contributed by atoms with van der Waals surface area (Å²) < 4.78 is 0. The molecule has 0 fully saturated rings. The number of hydrogen-bond donors (Lipinski definition) is 2. The molecule has 2 N–H and O–H groups in total. The van der Waals surface area contributed by atoms with Crippen LogP contribution >= 0.6 is 0 Å². The van der Waals surface area contributed by atoms with E-state index >= 15 is 0 Å². The Balaban J connectivity index is 3.66. The van der Waals surface area contributed by atoms with Gasteiger partial charge in [0.1, 0.15) is 0 Å². The molecule has 0 aliphatic carbocycles. The van der Waals surface area contributed by atoms with Crippen LogP contribution in [-0.4, -0.2) is 41.8 Å². The molecule has 0 aliphatic rings. The minimum Gasteiger partial charge on any atom is -0.465 e. The van der Waals surface area contributed by atoms with E-state index in [1.54, 1.807) is 0 Å². The lowest BCUT2D eigenvalue weighted by molar-refractivity contribution is 0.187. The van der Waals surface area contributed by atoms with Crippen molar-refractivity contribution >= 4 is 6.09 Å². The lowest BCUT2D eigenvalue weighted by Crippen LogP contribution is -2.34. The zero-order valence-electron chi connectivity index (χ0n) is 10.1. The highest BCUT2D eigenvalue weighted by atomic mass is 16.4. The van der Waals surface area contributed by atoms with Crippen LogP contribution in [0.15, 0.2) is 0 Å². The predicted octanol–water partition coefficient (Wildman–Crippen LogP) is 2.15. The van der Waals surface area contributed by atoms with Gasteiger partial charge in [-0.2, -0.15) is 0 Å². The van der Waals surface area contributed by atoms with Gasteiger partial charge in [-0.25, -0.2) is 4.79 Å². The molecule has 90 valence electrons. The van der Waals surface area contributed by atoms with E-state index in [2.05, 4.69) is 24.1 Å². The lowest BCUT2D eigenvalue weighted by atomic mass is 10.1. The average molecular weight is 216 g/mol. The maximum atomic E-state index is 10.5. The fourth-order valence-corrected chi connectivity index (χ4v) is 1.65. The molecule has 0 aromatic carbocycles. The minimum atomic E-state index is -0.912. The summed E-state index contributed by atoms with van der Waals surface area (Å²) in [4.78, 5) is 12.8. The van der Waals surface area contributed by atoms with Crippen LogP contribution in [0.5, 0.6) is 0 Å². The van der Waals surface area contributed by atoms with Gasteiger partial charge in [0, 0.05) is 6.04 Å². The number of amides is 1. The van der Waals surface area contributed by atoms with Crippen molar-refractivity contribution in [1.29, 1.82) is 0 Å². The van der Waals surface area contributed by atoms with Crippen molar-refractivity contribution in [3.05, 3.63) is 0 Å². The number of hydrogen-bond acceptors (Lipinski definition) is 2. The van der Waals surface area contributed by atoms with Gasteiger partial charge in [-0.05, 0) is 38.9 Å². The smallest absolute Gasteiger partial charge is 0.404 e. The number of carbonyl (C=O) groups is 1. The molecule has 0 saturated carbocycles. The second kappa shape index (κ2) is 8.53. The standard InChI is InChI=1S/C11H24N2O2/c1-4-10(12-11(14)15)8-7-9-13(5-2)6-3/h10,12H,4-9H2,1-3H3,(H,14,15). The maximum Gasteiger partial charge on any atom is 0.404 e. The Morgan fingerprint density at radius 3 is 2.33 bits per heavy atom. The van der Waals surface area contributed by atoms with E-state index in [9.17, 15) is 4.79 Å². The Labute approximate surface area is 92.7 Å². The Bertz CT molecular complexity index is 170. The number of nitrogens with zero attached hydrogens (tertiary/aromatic N) is 1. The molecule has 0 rings (SSSR count). The Hall–Kier alpha value is -0.770. The second-order valence-corrected chi connectivity index (χ2v) is 3.72. The second-order valence-electron chi connectivity index (χ2n) is 3.72. The van der Waals surface area contributed by atoms with Crippen LogP contribution in [0.2, 0.25) is 0 Å². The number of carboxylic acid groups (broad SMARTS) is 1. The molecule has 1 amide bonds. The van der Waals surface area contributed by atoms with Gasteiger partial charge in [0.15, 0.2) is 0 Å². The summed E-state index contributed by atoms with van der Waals surface area (Å²) in [6, 6.07) is 0.109. The molecular weight excluding hydrogens is 192 g/mol. The molecule has 0 heterocycles. The van der Waals surface area contributed by atoms with Crippen LogP contribution in [0.3, 0.4) is 0 Å². The van der Waals surface area contributed by atoms with Gasteiger partial charge < -0.3 is 15.3 Å². The highest BCUT2D eigenvalue weighted by Crippen LogP contribution is 2.03. The third-order valence-electron chi connectivity index (χ3n) is 2.74. The van der Waals surface area contributed by atoms with Crippen molar-refractivity contribution in [3.63, 3.8) is 0 Å². The molecule has 4 heteroatoms. The summed E-state index contributed by atoms with van der Waals surface area (Å²) in [6.07, 6.45) is 1.94. The highest BCUT2D eigenvalue weighted by molar-refractivity contribution is 5.64. The fourth-order valence-electron chi connectivity index (χ4n) is 1.65. The van der Waals surface area contributed by atoms with Crippen molar-refractivity contribution in [2.45, 2.75) is 46.1 Å².